The number of carbonyl (C=O) groups is 2. The number of rotatable bonds is 39. The lowest BCUT2D eigenvalue weighted by Gasteiger charge is -2.19. The van der Waals surface area contributed by atoms with Crippen molar-refractivity contribution in [3.05, 3.63) is 24.3 Å². The van der Waals surface area contributed by atoms with Gasteiger partial charge in [0, 0.05) is 19.4 Å². The summed E-state index contributed by atoms with van der Waals surface area (Å²) in [7, 11) is -4.37. The van der Waals surface area contributed by atoms with Crippen LogP contribution in [0.25, 0.3) is 0 Å². The summed E-state index contributed by atoms with van der Waals surface area (Å²) in [6, 6.07) is 0. The highest BCUT2D eigenvalue weighted by Gasteiger charge is 2.26. The van der Waals surface area contributed by atoms with E-state index in [1.54, 1.807) is 0 Å². The Morgan fingerprint density at radius 1 is 0.588 bits per heavy atom. The molecular formula is C41H78NO8P. The van der Waals surface area contributed by atoms with Gasteiger partial charge in [-0.1, -0.05) is 167 Å². The summed E-state index contributed by atoms with van der Waals surface area (Å²) >= 11 is 0. The number of phosphoric acid groups is 1. The second kappa shape index (κ2) is 38.2. The molecule has 51 heavy (non-hydrogen) atoms. The van der Waals surface area contributed by atoms with Gasteiger partial charge < -0.3 is 20.1 Å². The number of ether oxygens (including phenoxy) is 2. The average Bonchev–Trinajstić information content (AvgIpc) is 3.11. The predicted octanol–water partition coefficient (Wildman–Crippen LogP) is 11.6. The Bertz CT molecular complexity index is 897. The molecule has 0 fully saturated rings. The Kier molecular flexibility index (Phi) is 37.1. The molecule has 0 amide bonds. The van der Waals surface area contributed by atoms with Crippen molar-refractivity contribution in [2.24, 2.45) is 5.73 Å². The maximum absolute atomic E-state index is 12.5. The molecule has 9 nitrogen and oxygen atoms in total. The highest BCUT2D eigenvalue weighted by Crippen LogP contribution is 2.43. The largest absolute Gasteiger partial charge is 0.472 e. The smallest absolute Gasteiger partial charge is 0.462 e. The van der Waals surface area contributed by atoms with Gasteiger partial charge in [0.2, 0.25) is 0 Å². The number of phosphoric ester groups is 1. The lowest BCUT2D eigenvalue weighted by Crippen LogP contribution is -2.29. The Labute approximate surface area is 312 Å². The first kappa shape index (κ1) is 49.5. The van der Waals surface area contributed by atoms with Crippen LogP contribution in [0.4, 0.5) is 0 Å². The van der Waals surface area contributed by atoms with Crippen LogP contribution in [0.1, 0.15) is 194 Å². The van der Waals surface area contributed by atoms with Crippen LogP contribution in [0.2, 0.25) is 0 Å². The first-order chi connectivity index (χ1) is 24.8. The van der Waals surface area contributed by atoms with Crippen LogP contribution < -0.4 is 5.73 Å². The Hall–Kier alpha value is -1.51. The summed E-state index contributed by atoms with van der Waals surface area (Å²) in [5.74, 6) is -0.839. The molecule has 2 atom stereocenters. The third-order valence-electron chi connectivity index (χ3n) is 8.84. The number of carbonyl (C=O) groups excluding carboxylic acids is 2. The standard InChI is InChI=1S/C41H78NO8P/c1-3-5-7-9-11-13-15-17-19-20-22-23-25-27-29-31-33-40(43)47-37-39(38-49-51(45,46)48-36-35-42)50-41(44)34-32-30-28-26-24-21-18-16-14-12-10-8-6-4-2/h10,12,16,18,39H,3-9,11,13-15,17,19-38,42H2,1-2H3,(H,45,46)/b12-10-,18-16-. The van der Waals surface area contributed by atoms with Gasteiger partial charge in [-0.25, -0.2) is 4.57 Å². The molecule has 3 N–H and O–H groups in total. The van der Waals surface area contributed by atoms with Crippen molar-refractivity contribution in [2.75, 3.05) is 26.4 Å². The molecule has 2 unspecified atom stereocenters. The molecule has 0 radical (unpaired) electrons. The highest BCUT2D eigenvalue weighted by molar-refractivity contribution is 7.47. The second-order valence-electron chi connectivity index (χ2n) is 13.9. The molecule has 300 valence electrons. The van der Waals surface area contributed by atoms with Gasteiger partial charge in [0.05, 0.1) is 13.2 Å². The van der Waals surface area contributed by atoms with Crippen LogP contribution in [0.5, 0.6) is 0 Å². The number of esters is 2. The van der Waals surface area contributed by atoms with Crippen LogP contribution in [-0.4, -0.2) is 49.3 Å². The van der Waals surface area contributed by atoms with Crippen LogP contribution in [0.15, 0.2) is 24.3 Å². The topological polar surface area (TPSA) is 134 Å². The monoisotopic (exact) mass is 744 g/mol. The van der Waals surface area contributed by atoms with E-state index in [0.717, 1.165) is 64.2 Å². The minimum Gasteiger partial charge on any atom is -0.462 e. The average molecular weight is 744 g/mol. The summed E-state index contributed by atoms with van der Waals surface area (Å²) in [4.78, 5) is 34.8. The van der Waals surface area contributed by atoms with E-state index in [4.69, 9.17) is 24.3 Å². The van der Waals surface area contributed by atoms with Gasteiger partial charge in [0.25, 0.3) is 0 Å². The zero-order valence-electron chi connectivity index (χ0n) is 32.8. The molecular weight excluding hydrogens is 665 g/mol. The zero-order chi connectivity index (χ0) is 37.5. The van der Waals surface area contributed by atoms with E-state index in [1.807, 2.05) is 0 Å². The van der Waals surface area contributed by atoms with Crippen LogP contribution >= 0.6 is 7.82 Å². The van der Waals surface area contributed by atoms with Gasteiger partial charge in [-0.2, -0.15) is 0 Å². The van der Waals surface area contributed by atoms with E-state index in [0.29, 0.717) is 6.42 Å². The van der Waals surface area contributed by atoms with Crippen molar-refractivity contribution in [1.29, 1.82) is 0 Å². The Morgan fingerprint density at radius 3 is 1.55 bits per heavy atom. The molecule has 0 aliphatic heterocycles. The fraction of sp³-hybridized carbons (Fsp3) is 0.854. The van der Waals surface area contributed by atoms with Gasteiger partial charge in [-0.05, 0) is 38.5 Å². The minimum absolute atomic E-state index is 0.0524. The number of hydrogen-bond donors (Lipinski definition) is 2. The van der Waals surface area contributed by atoms with Crippen molar-refractivity contribution < 1.29 is 37.6 Å². The van der Waals surface area contributed by atoms with E-state index in [9.17, 15) is 19.0 Å². The van der Waals surface area contributed by atoms with Crippen molar-refractivity contribution in [3.8, 4) is 0 Å². The van der Waals surface area contributed by atoms with Crippen molar-refractivity contribution in [3.63, 3.8) is 0 Å². The van der Waals surface area contributed by atoms with Gasteiger partial charge >= 0.3 is 19.8 Å². The lowest BCUT2D eigenvalue weighted by molar-refractivity contribution is -0.161. The summed E-state index contributed by atoms with van der Waals surface area (Å²) in [6.45, 7) is 3.69. The molecule has 0 saturated heterocycles. The van der Waals surface area contributed by atoms with Crippen molar-refractivity contribution >= 4 is 19.8 Å². The fourth-order valence-corrected chi connectivity index (χ4v) is 6.47. The number of hydrogen-bond acceptors (Lipinski definition) is 8. The lowest BCUT2D eigenvalue weighted by atomic mass is 10.0. The quantitative estimate of drug-likeness (QED) is 0.0273. The molecule has 10 heteroatoms. The van der Waals surface area contributed by atoms with Gasteiger partial charge in [-0.15, -0.1) is 0 Å². The first-order valence-corrected chi connectivity index (χ1v) is 22.3. The molecule has 0 aliphatic carbocycles. The maximum Gasteiger partial charge on any atom is 0.472 e. The molecule has 0 heterocycles. The van der Waals surface area contributed by atoms with Gasteiger partial charge in [-0.3, -0.25) is 18.6 Å². The van der Waals surface area contributed by atoms with Crippen LogP contribution in [0, 0.1) is 0 Å². The molecule has 0 spiro atoms. The molecule has 0 aliphatic rings. The van der Waals surface area contributed by atoms with E-state index >= 15 is 0 Å². The second-order valence-corrected chi connectivity index (χ2v) is 15.3. The molecule has 0 rings (SSSR count). The summed E-state index contributed by atoms with van der Waals surface area (Å²) < 4.78 is 32.7. The van der Waals surface area contributed by atoms with E-state index < -0.39 is 26.5 Å². The number of nitrogens with two attached hydrogens (primary N) is 1. The Balaban J connectivity index is 4.17. The van der Waals surface area contributed by atoms with E-state index in [1.165, 1.54) is 96.3 Å². The van der Waals surface area contributed by atoms with Gasteiger partial charge in [0.15, 0.2) is 6.10 Å². The molecule has 0 aromatic heterocycles. The number of unbranched alkanes of at least 4 members (excludes halogenated alkanes) is 22. The third-order valence-corrected chi connectivity index (χ3v) is 9.82. The summed E-state index contributed by atoms with van der Waals surface area (Å²) in [5.41, 5.74) is 5.34. The first-order valence-electron chi connectivity index (χ1n) is 20.8. The van der Waals surface area contributed by atoms with E-state index in [2.05, 4.69) is 38.2 Å². The van der Waals surface area contributed by atoms with Crippen LogP contribution in [0.3, 0.4) is 0 Å². The van der Waals surface area contributed by atoms with Crippen LogP contribution in [-0.2, 0) is 32.7 Å². The Morgan fingerprint density at radius 2 is 1.04 bits per heavy atom. The minimum atomic E-state index is -4.37. The summed E-state index contributed by atoms with van der Waals surface area (Å²) in [5, 5.41) is 0. The zero-order valence-corrected chi connectivity index (χ0v) is 33.7. The highest BCUT2D eigenvalue weighted by atomic mass is 31.2. The maximum atomic E-state index is 12.5. The van der Waals surface area contributed by atoms with E-state index in [-0.39, 0.29) is 38.6 Å². The third kappa shape index (κ3) is 38.0. The van der Waals surface area contributed by atoms with Gasteiger partial charge in [0.1, 0.15) is 6.61 Å². The van der Waals surface area contributed by atoms with Crippen molar-refractivity contribution in [1.82, 2.24) is 0 Å². The molecule has 0 aromatic carbocycles. The number of allylic oxidation sites excluding steroid dienone is 4. The fourth-order valence-electron chi connectivity index (χ4n) is 5.71. The molecule has 0 bridgehead atoms. The molecule has 0 saturated carbocycles. The van der Waals surface area contributed by atoms with Crippen molar-refractivity contribution in [2.45, 2.75) is 200 Å². The molecule has 0 aromatic rings. The summed E-state index contributed by atoms with van der Waals surface area (Å²) in [6.07, 6.45) is 39.2. The normalized spacial score (nSPS) is 13.6. The SMILES string of the molecule is CCCC/C=C\C/C=C\CCCCCCCC(=O)OC(COC(=O)CCCCCCCCCCCCCCCCCC)COP(=O)(O)OCCN. The predicted molar refractivity (Wildman–Crippen MR) is 211 cm³/mol.